The molecule has 0 unspecified atom stereocenters. The van der Waals surface area contributed by atoms with Crippen molar-refractivity contribution in [2.24, 2.45) is 0 Å². The first-order chi connectivity index (χ1) is 10.8. The van der Waals surface area contributed by atoms with Crippen LogP contribution in [-0.2, 0) is 19.3 Å². The molecular formula is C20H30S2. The molecule has 0 aliphatic heterocycles. The standard InChI is InChI=1S/C20H30S2/c1-4-7-11-16-17(12-8-5-2)20(19-14-10-15-21-19)22-18(16)13-9-6-3/h10,14-15H,4-9,11-13H2,1-3H3. The fraction of sp³-hybridized carbons (Fsp3) is 0.600. The van der Waals surface area contributed by atoms with Crippen LogP contribution in [0.2, 0.25) is 0 Å². The van der Waals surface area contributed by atoms with Gasteiger partial charge >= 0.3 is 0 Å². The predicted molar refractivity (Wildman–Crippen MR) is 103 cm³/mol. The minimum Gasteiger partial charge on any atom is -0.143 e. The molecule has 0 spiro atoms. The van der Waals surface area contributed by atoms with E-state index in [-0.39, 0.29) is 0 Å². The van der Waals surface area contributed by atoms with Gasteiger partial charge in [0.1, 0.15) is 0 Å². The second-order valence-corrected chi connectivity index (χ2v) is 8.15. The van der Waals surface area contributed by atoms with Crippen molar-refractivity contribution < 1.29 is 0 Å². The van der Waals surface area contributed by atoms with Gasteiger partial charge in [0, 0.05) is 14.6 Å². The molecular weight excluding hydrogens is 304 g/mol. The van der Waals surface area contributed by atoms with Gasteiger partial charge in [0.25, 0.3) is 0 Å². The maximum Gasteiger partial charge on any atom is 0.0480 e. The molecule has 0 aliphatic carbocycles. The smallest absolute Gasteiger partial charge is 0.0480 e. The van der Waals surface area contributed by atoms with Gasteiger partial charge in [-0.25, -0.2) is 0 Å². The van der Waals surface area contributed by atoms with E-state index in [0.717, 1.165) is 0 Å². The SMILES string of the molecule is CCCCc1sc(-c2cccs2)c(CCCC)c1CCCC. The maximum absolute atomic E-state index is 2.31. The van der Waals surface area contributed by atoms with Gasteiger partial charge < -0.3 is 0 Å². The van der Waals surface area contributed by atoms with E-state index in [1.807, 2.05) is 11.3 Å². The van der Waals surface area contributed by atoms with Gasteiger partial charge in [0.05, 0.1) is 0 Å². The number of rotatable bonds is 10. The first-order valence-corrected chi connectivity index (χ1v) is 10.7. The molecule has 0 aromatic carbocycles. The van der Waals surface area contributed by atoms with Crippen LogP contribution < -0.4 is 0 Å². The van der Waals surface area contributed by atoms with Crippen LogP contribution in [0.1, 0.15) is 75.3 Å². The Morgan fingerprint density at radius 3 is 2.05 bits per heavy atom. The van der Waals surface area contributed by atoms with Gasteiger partial charge in [-0.05, 0) is 61.1 Å². The predicted octanol–water partition coefficient (Wildman–Crippen LogP) is 7.50. The van der Waals surface area contributed by atoms with E-state index in [0.29, 0.717) is 0 Å². The van der Waals surface area contributed by atoms with Crippen LogP contribution >= 0.6 is 22.7 Å². The first kappa shape index (κ1) is 17.7. The molecule has 0 saturated carbocycles. The summed E-state index contributed by atoms with van der Waals surface area (Å²) in [7, 11) is 0. The van der Waals surface area contributed by atoms with E-state index in [2.05, 4.69) is 49.6 Å². The summed E-state index contributed by atoms with van der Waals surface area (Å²) in [6, 6.07) is 4.50. The van der Waals surface area contributed by atoms with E-state index >= 15 is 0 Å². The lowest BCUT2D eigenvalue weighted by Crippen LogP contribution is -1.96. The van der Waals surface area contributed by atoms with E-state index in [1.165, 1.54) is 62.7 Å². The minimum atomic E-state index is 1.27. The molecule has 0 bridgehead atoms. The van der Waals surface area contributed by atoms with E-state index < -0.39 is 0 Å². The third-order valence-electron chi connectivity index (χ3n) is 4.26. The largest absolute Gasteiger partial charge is 0.143 e. The summed E-state index contributed by atoms with van der Waals surface area (Å²) in [5.41, 5.74) is 3.41. The van der Waals surface area contributed by atoms with Crippen molar-refractivity contribution in [3.05, 3.63) is 33.5 Å². The van der Waals surface area contributed by atoms with Gasteiger partial charge in [-0.3, -0.25) is 0 Å². The lowest BCUT2D eigenvalue weighted by molar-refractivity contribution is 0.746. The highest BCUT2D eigenvalue weighted by Gasteiger charge is 2.18. The number of hydrogen-bond donors (Lipinski definition) is 0. The average Bonchev–Trinajstić information content (AvgIpc) is 3.16. The van der Waals surface area contributed by atoms with Gasteiger partial charge in [-0.15, -0.1) is 22.7 Å². The molecule has 2 heteroatoms. The Balaban J connectivity index is 2.39. The van der Waals surface area contributed by atoms with Crippen molar-refractivity contribution in [1.29, 1.82) is 0 Å². The monoisotopic (exact) mass is 334 g/mol. The maximum atomic E-state index is 2.31. The van der Waals surface area contributed by atoms with Crippen molar-refractivity contribution in [1.82, 2.24) is 0 Å². The summed E-state index contributed by atoms with van der Waals surface area (Å²) in [6.45, 7) is 6.92. The summed E-state index contributed by atoms with van der Waals surface area (Å²) in [6.07, 6.45) is 11.7. The van der Waals surface area contributed by atoms with E-state index in [9.17, 15) is 0 Å². The highest BCUT2D eigenvalue weighted by molar-refractivity contribution is 7.21. The van der Waals surface area contributed by atoms with Crippen molar-refractivity contribution in [2.45, 2.75) is 78.6 Å². The molecule has 22 heavy (non-hydrogen) atoms. The summed E-state index contributed by atoms with van der Waals surface area (Å²) >= 11 is 4.00. The Hall–Kier alpha value is -0.600. The lowest BCUT2D eigenvalue weighted by atomic mass is 9.96. The molecule has 0 nitrogen and oxygen atoms in total. The Morgan fingerprint density at radius 1 is 0.818 bits per heavy atom. The zero-order valence-corrected chi connectivity index (χ0v) is 16.0. The van der Waals surface area contributed by atoms with Gasteiger partial charge in [-0.1, -0.05) is 46.1 Å². The quantitative estimate of drug-likeness (QED) is 0.422. The van der Waals surface area contributed by atoms with E-state index in [4.69, 9.17) is 0 Å². The van der Waals surface area contributed by atoms with Gasteiger partial charge in [0.2, 0.25) is 0 Å². The summed E-state index contributed by atoms with van der Waals surface area (Å²) in [4.78, 5) is 4.75. The van der Waals surface area contributed by atoms with Gasteiger partial charge in [0.15, 0.2) is 0 Å². The van der Waals surface area contributed by atoms with Crippen LogP contribution in [0.4, 0.5) is 0 Å². The molecule has 0 radical (unpaired) electrons. The zero-order chi connectivity index (χ0) is 15.8. The van der Waals surface area contributed by atoms with Crippen molar-refractivity contribution >= 4 is 22.7 Å². The molecule has 122 valence electrons. The highest BCUT2D eigenvalue weighted by Crippen LogP contribution is 2.41. The van der Waals surface area contributed by atoms with Gasteiger partial charge in [-0.2, -0.15) is 0 Å². The van der Waals surface area contributed by atoms with Crippen LogP contribution in [0.5, 0.6) is 0 Å². The average molecular weight is 335 g/mol. The second-order valence-electron chi connectivity index (χ2n) is 6.10. The minimum absolute atomic E-state index is 1.27. The molecule has 2 aromatic heterocycles. The lowest BCUT2D eigenvalue weighted by Gasteiger charge is -2.08. The van der Waals surface area contributed by atoms with Crippen molar-refractivity contribution in [3.63, 3.8) is 0 Å². The van der Waals surface area contributed by atoms with Crippen molar-refractivity contribution in [2.75, 3.05) is 0 Å². The Morgan fingerprint density at radius 2 is 1.45 bits per heavy atom. The second kappa shape index (κ2) is 9.52. The molecule has 2 heterocycles. The highest BCUT2D eigenvalue weighted by atomic mass is 32.1. The molecule has 2 rings (SSSR count). The molecule has 2 aromatic rings. The van der Waals surface area contributed by atoms with Crippen molar-refractivity contribution in [3.8, 4) is 9.75 Å². The Kier molecular flexibility index (Phi) is 7.68. The molecule has 0 aliphatic rings. The molecule has 0 saturated heterocycles. The Labute approximate surface area is 144 Å². The third kappa shape index (κ3) is 4.45. The number of hydrogen-bond acceptors (Lipinski definition) is 2. The third-order valence-corrected chi connectivity index (χ3v) is 6.65. The number of unbranched alkanes of at least 4 members (excludes halogenated alkanes) is 3. The number of aryl methyl sites for hydroxylation is 1. The van der Waals surface area contributed by atoms with Crippen LogP contribution in [0, 0.1) is 0 Å². The number of thiophene rings is 2. The summed E-state index contributed by atoms with van der Waals surface area (Å²) in [5, 5.41) is 2.22. The van der Waals surface area contributed by atoms with Crippen LogP contribution in [-0.4, -0.2) is 0 Å². The fourth-order valence-corrected chi connectivity index (χ4v) is 5.28. The summed E-state index contributed by atoms with van der Waals surface area (Å²) < 4.78 is 0. The normalized spacial score (nSPS) is 11.2. The van der Waals surface area contributed by atoms with E-state index in [1.54, 1.807) is 20.9 Å². The summed E-state index contributed by atoms with van der Waals surface area (Å²) in [5.74, 6) is 0. The molecule has 0 N–H and O–H groups in total. The van der Waals surface area contributed by atoms with Crippen LogP contribution in [0.15, 0.2) is 17.5 Å². The topological polar surface area (TPSA) is 0 Å². The molecule has 0 fully saturated rings. The molecule has 0 atom stereocenters. The van der Waals surface area contributed by atoms with Crippen LogP contribution in [0.3, 0.4) is 0 Å². The molecule has 0 amide bonds. The van der Waals surface area contributed by atoms with Crippen LogP contribution in [0.25, 0.3) is 9.75 Å². The Bertz CT molecular complexity index is 534. The zero-order valence-electron chi connectivity index (χ0n) is 14.4. The fourth-order valence-electron chi connectivity index (χ4n) is 2.96. The first-order valence-electron chi connectivity index (χ1n) is 8.99.